The molecule has 0 aromatic carbocycles. The maximum Gasteiger partial charge on any atom is 0.0701 e. The van der Waals surface area contributed by atoms with Crippen LogP contribution in [-0.4, -0.2) is 4.98 Å². The minimum atomic E-state index is 1.00. The van der Waals surface area contributed by atoms with Gasteiger partial charge in [0.05, 0.1) is 5.69 Å². The van der Waals surface area contributed by atoms with Gasteiger partial charge in [0, 0.05) is 5.69 Å². The lowest BCUT2D eigenvalue weighted by molar-refractivity contribution is 1.13. The van der Waals surface area contributed by atoms with Gasteiger partial charge in [-0.15, -0.1) is 0 Å². The largest absolute Gasteiger partial charge is 0.253 e. The van der Waals surface area contributed by atoms with Crippen LogP contribution in [0.3, 0.4) is 0 Å². The number of rotatable bonds is 2. The second-order valence-corrected chi connectivity index (χ2v) is 3.07. The molecule has 0 radical (unpaired) electrons. The van der Waals surface area contributed by atoms with Gasteiger partial charge in [0.15, 0.2) is 0 Å². The van der Waals surface area contributed by atoms with Gasteiger partial charge in [0.2, 0.25) is 0 Å². The normalized spacial score (nSPS) is 10.7. The van der Waals surface area contributed by atoms with Crippen LogP contribution in [0.5, 0.6) is 0 Å². The van der Waals surface area contributed by atoms with E-state index in [0.717, 1.165) is 17.0 Å². The Hall–Kier alpha value is -1.37. The monoisotopic (exact) mass is 173 g/mol. The zero-order valence-electron chi connectivity index (χ0n) is 8.46. The summed E-state index contributed by atoms with van der Waals surface area (Å²) >= 11 is 0. The van der Waals surface area contributed by atoms with Crippen molar-refractivity contribution in [3.63, 3.8) is 0 Å². The van der Waals surface area contributed by atoms with Crippen LogP contribution in [0.2, 0.25) is 0 Å². The summed E-state index contributed by atoms with van der Waals surface area (Å²) in [6.45, 7) is 9.85. The van der Waals surface area contributed by atoms with Crippen LogP contribution in [0.1, 0.15) is 29.4 Å². The van der Waals surface area contributed by atoms with Gasteiger partial charge < -0.3 is 0 Å². The second-order valence-electron chi connectivity index (χ2n) is 3.07. The quantitative estimate of drug-likeness (QED) is 0.668. The molecule has 0 amide bonds. The SMILES string of the molecule is C=Cc1cc(C)c(C)nc1/C=C\C. The summed E-state index contributed by atoms with van der Waals surface area (Å²) in [7, 11) is 0. The predicted molar refractivity (Wildman–Crippen MR) is 58.5 cm³/mol. The van der Waals surface area contributed by atoms with Gasteiger partial charge >= 0.3 is 0 Å². The van der Waals surface area contributed by atoms with Crippen molar-refractivity contribution in [3.05, 3.63) is 41.2 Å². The van der Waals surface area contributed by atoms with Crippen molar-refractivity contribution in [1.29, 1.82) is 0 Å². The van der Waals surface area contributed by atoms with Crippen molar-refractivity contribution < 1.29 is 0 Å². The first-order valence-electron chi connectivity index (χ1n) is 4.42. The fraction of sp³-hybridized carbons (Fsp3) is 0.250. The van der Waals surface area contributed by atoms with E-state index >= 15 is 0 Å². The summed E-state index contributed by atoms with van der Waals surface area (Å²) in [5.74, 6) is 0. The molecule has 1 nitrogen and oxygen atoms in total. The minimum absolute atomic E-state index is 1.00. The molecule has 0 aliphatic heterocycles. The fourth-order valence-electron chi connectivity index (χ4n) is 1.20. The van der Waals surface area contributed by atoms with Crippen LogP contribution in [0.25, 0.3) is 12.2 Å². The highest BCUT2D eigenvalue weighted by Crippen LogP contribution is 2.14. The van der Waals surface area contributed by atoms with E-state index in [1.807, 2.05) is 32.1 Å². The van der Waals surface area contributed by atoms with Gasteiger partial charge in [-0.1, -0.05) is 18.7 Å². The molecule has 0 unspecified atom stereocenters. The van der Waals surface area contributed by atoms with Crippen LogP contribution in [-0.2, 0) is 0 Å². The zero-order chi connectivity index (χ0) is 9.84. The van der Waals surface area contributed by atoms with Crippen LogP contribution in [0, 0.1) is 13.8 Å². The summed E-state index contributed by atoms with van der Waals surface area (Å²) in [6, 6.07) is 2.12. The summed E-state index contributed by atoms with van der Waals surface area (Å²) in [4.78, 5) is 4.48. The maximum atomic E-state index is 4.48. The number of hydrogen-bond donors (Lipinski definition) is 0. The first kappa shape index (κ1) is 9.72. The Morgan fingerprint density at radius 3 is 2.62 bits per heavy atom. The van der Waals surface area contributed by atoms with E-state index in [1.165, 1.54) is 5.56 Å². The molecule has 1 heteroatoms. The Morgan fingerprint density at radius 2 is 2.08 bits per heavy atom. The third kappa shape index (κ3) is 2.05. The van der Waals surface area contributed by atoms with Gasteiger partial charge in [-0.3, -0.25) is 4.98 Å². The summed E-state index contributed by atoms with van der Waals surface area (Å²) in [5.41, 5.74) is 4.39. The van der Waals surface area contributed by atoms with Crippen molar-refractivity contribution in [1.82, 2.24) is 4.98 Å². The molecule has 0 saturated heterocycles. The van der Waals surface area contributed by atoms with E-state index in [0.29, 0.717) is 0 Å². The predicted octanol–water partition coefficient (Wildman–Crippen LogP) is 3.37. The molecular formula is C12H15N. The number of allylic oxidation sites excluding steroid dienone is 1. The molecule has 0 aliphatic rings. The van der Waals surface area contributed by atoms with Gasteiger partial charge in [-0.25, -0.2) is 0 Å². The van der Waals surface area contributed by atoms with Crippen LogP contribution in [0.15, 0.2) is 18.7 Å². The topological polar surface area (TPSA) is 12.9 Å². The standard InChI is InChI=1S/C12H15N/c1-5-7-12-11(6-2)8-9(3)10(4)13-12/h5-8H,2H2,1,3-4H3/b7-5-. The molecule has 0 atom stereocenters. The third-order valence-electron chi connectivity index (χ3n) is 2.07. The first-order valence-corrected chi connectivity index (χ1v) is 4.42. The maximum absolute atomic E-state index is 4.48. The average molecular weight is 173 g/mol. The van der Waals surface area contributed by atoms with Crippen LogP contribution < -0.4 is 0 Å². The summed E-state index contributed by atoms with van der Waals surface area (Å²) < 4.78 is 0. The molecule has 0 bridgehead atoms. The minimum Gasteiger partial charge on any atom is -0.253 e. The van der Waals surface area contributed by atoms with E-state index < -0.39 is 0 Å². The lowest BCUT2D eigenvalue weighted by Crippen LogP contribution is -1.93. The van der Waals surface area contributed by atoms with Crippen LogP contribution in [0.4, 0.5) is 0 Å². The molecule has 1 aromatic rings. The molecule has 0 spiro atoms. The van der Waals surface area contributed by atoms with Gasteiger partial charge in [-0.2, -0.15) is 0 Å². The molecule has 0 aliphatic carbocycles. The highest BCUT2D eigenvalue weighted by Gasteiger charge is 2.00. The van der Waals surface area contributed by atoms with E-state index in [-0.39, 0.29) is 0 Å². The second kappa shape index (κ2) is 4.04. The Labute approximate surface area is 79.8 Å². The molecule has 1 heterocycles. The molecule has 68 valence electrons. The van der Waals surface area contributed by atoms with E-state index in [9.17, 15) is 0 Å². The number of aromatic nitrogens is 1. The van der Waals surface area contributed by atoms with Crippen molar-refractivity contribution in [3.8, 4) is 0 Å². The van der Waals surface area contributed by atoms with E-state index in [2.05, 4.69) is 24.6 Å². The van der Waals surface area contributed by atoms with Crippen LogP contribution >= 0.6 is 0 Å². The lowest BCUT2D eigenvalue weighted by atomic mass is 10.1. The molecule has 1 rings (SSSR count). The van der Waals surface area contributed by atoms with Crippen molar-refractivity contribution >= 4 is 12.2 Å². The number of pyridine rings is 1. The Bertz CT molecular complexity index is 348. The molecule has 13 heavy (non-hydrogen) atoms. The van der Waals surface area contributed by atoms with Gasteiger partial charge in [-0.05, 0) is 44.0 Å². The third-order valence-corrected chi connectivity index (χ3v) is 2.07. The summed E-state index contributed by atoms with van der Waals surface area (Å²) in [5, 5.41) is 0. The Balaban J connectivity index is 3.32. The van der Waals surface area contributed by atoms with Gasteiger partial charge in [0.25, 0.3) is 0 Å². The van der Waals surface area contributed by atoms with Crippen molar-refractivity contribution in [2.75, 3.05) is 0 Å². The van der Waals surface area contributed by atoms with E-state index in [4.69, 9.17) is 0 Å². The Kier molecular flexibility index (Phi) is 3.02. The first-order chi connectivity index (χ1) is 6.19. The lowest BCUT2D eigenvalue weighted by Gasteiger charge is -2.04. The smallest absolute Gasteiger partial charge is 0.0701 e. The molecule has 0 saturated carbocycles. The molecule has 0 fully saturated rings. The fourth-order valence-corrected chi connectivity index (χ4v) is 1.20. The highest BCUT2D eigenvalue weighted by atomic mass is 14.7. The Morgan fingerprint density at radius 1 is 1.38 bits per heavy atom. The molecule has 1 aromatic heterocycles. The average Bonchev–Trinajstić information content (AvgIpc) is 2.11. The van der Waals surface area contributed by atoms with Crippen molar-refractivity contribution in [2.24, 2.45) is 0 Å². The highest BCUT2D eigenvalue weighted by molar-refractivity contribution is 5.62. The number of nitrogens with zero attached hydrogens (tertiary/aromatic N) is 1. The zero-order valence-corrected chi connectivity index (χ0v) is 8.46. The molecular weight excluding hydrogens is 158 g/mol. The van der Waals surface area contributed by atoms with E-state index in [1.54, 1.807) is 0 Å². The number of hydrogen-bond acceptors (Lipinski definition) is 1. The van der Waals surface area contributed by atoms with Gasteiger partial charge in [0.1, 0.15) is 0 Å². The van der Waals surface area contributed by atoms with Crippen molar-refractivity contribution in [2.45, 2.75) is 20.8 Å². The summed E-state index contributed by atoms with van der Waals surface area (Å²) in [6.07, 6.45) is 5.84. The molecule has 0 N–H and O–H groups in total. The number of aryl methyl sites for hydroxylation is 2.